The molecule has 1 fully saturated rings. The molecule has 0 unspecified atom stereocenters. The molecule has 0 aromatic heterocycles. The summed E-state index contributed by atoms with van der Waals surface area (Å²) >= 11 is 5.93. The van der Waals surface area contributed by atoms with Crippen LogP contribution in [0.5, 0.6) is 0 Å². The quantitative estimate of drug-likeness (QED) is 0.897. The summed E-state index contributed by atoms with van der Waals surface area (Å²) in [6.45, 7) is 2.55. The van der Waals surface area contributed by atoms with Crippen LogP contribution in [0.25, 0.3) is 0 Å². The molecule has 1 aliphatic rings. The molecule has 1 N–H and O–H groups in total. The molecule has 0 atom stereocenters. The smallest absolute Gasteiger partial charge is 0.101 e. The Morgan fingerprint density at radius 3 is 2.88 bits per heavy atom. The van der Waals surface area contributed by atoms with Gasteiger partial charge in [0, 0.05) is 24.8 Å². The van der Waals surface area contributed by atoms with E-state index in [0.717, 1.165) is 38.3 Å². The van der Waals surface area contributed by atoms with Gasteiger partial charge in [0.15, 0.2) is 0 Å². The fourth-order valence-corrected chi connectivity index (χ4v) is 2.14. The fourth-order valence-electron chi connectivity index (χ4n) is 1.97. The fraction of sp³-hybridized carbons (Fsp3) is 0.462. The van der Waals surface area contributed by atoms with E-state index in [1.807, 2.05) is 0 Å². The van der Waals surface area contributed by atoms with Gasteiger partial charge in [0.25, 0.3) is 0 Å². The molecule has 4 heteroatoms. The molecule has 2 rings (SSSR count). The van der Waals surface area contributed by atoms with Crippen LogP contribution in [0, 0.1) is 17.2 Å². The number of anilines is 1. The first-order valence-electron chi connectivity index (χ1n) is 5.81. The third-order valence-corrected chi connectivity index (χ3v) is 3.26. The lowest BCUT2D eigenvalue weighted by molar-refractivity contribution is 0.0699. The monoisotopic (exact) mass is 250 g/mol. The summed E-state index contributed by atoms with van der Waals surface area (Å²) in [6, 6.07) is 7.45. The minimum absolute atomic E-state index is 0.620. The van der Waals surface area contributed by atoms with E-state index in [4.69, 9.17) is 21.6 Å². The van der Waals surface area contributed by atoms with Gasteiger partial charge in [-0.25, -0.2) is 0 Å². The molecule has 1 aromatic carbocycles. The maximum Gasteiger partial charge on any atom is 0.101 e. The lowest BCUT2D eigenvalue weighted by Crippen LogP contribution is -2.22. The van der Waals surface area contributed by atoms with Gasteiger partial charge in [-0.3, -0.25) is 0 Å². The molecule has 0 aliphatic carbocycles. The first-order valence-corrected chi connectivity index (χ1v) is 6.18. The van der Waals surface area contributed by atoms with Crippen molar-refractivity contribution in [1.82, 2.24) is 0 Å². The second-order valence-corrected chi connectivity index (χ2v) is 4.67. The molecule has 3 nitrogen and oxygen atoms in total. The number of hydrogen-bond acceptors (Lipinski definition) is 3. The van der Waals surface area contributed by atoms with Crippen molar-refractivity contribution in [1.29, 1.82) is 5.26 Å². The van der Waals surface area contributed by atoms with Gasteiger partial charge in [0.1, 0.15) is 6.07 Å². The van der Waals surface area contributed by atoms with E-state index in [1.165, 1.54) is 0 Å². The second kappa shape index (κ2) is 5.90. The summed E-state index contributed by atoms with van der Waals surface area (Å²) in [5, 5.41) is 13.0. The standard InChI is InChI=1S/C13H15ClN2O/c14-12-2-1-11(8-15)13(7-12)16-9-10-3-5-17-6-4-10/h1-2,7,10,16H,3-6,9H2. The Balaban J connectivity index is 1.98. The average molecular weight is 251 g/mol. The van der Waals surface area contributed by atoms with Crippen molar-refractivity contribution in [2.24, 2.45) is 5.92 Å². The Kier molecular flexibility index (Phi) is 4.24. The zero-order valence-electron chi connectivity index (χ0n) is 9.58. The first-order chi connectivity index (χ1) is 8.29. The van der Waals surface area contributed by atoms with Crippen molar-refractivity contribution in [3.63, 3.8) is 0 Å². The molecular weight excluding hydrogens is 236 g/mol. The number of nitriles is 1. The van der Waals surface area contributed by atoms with E-state index in [1.54, 1.807) is 18.2 Å². The summed E-state index contributed by atoms with van der Waals surface area (Å²) in [6.07, 6.45) is 2.16. The molecule has 0 amide bonds. The first kappa shape index (κ1) is 12.2. The molecule has 1 aromatic rings. The molecule has 0 spiro atoms. The highest BCUT2D eigenvalue weighted by Crippen LogP contribution is 2.22. The van der Waals surface area contributed by atoms with Crippen LogP contribution in [0.1, 0.15) is 18.4 Å². The molecule has 17 heavy (non-hydrogen) atoms. The van der Waals surface area contributed by atoms with Crippen LogP contribution in [0.4, 0.5) is 5.69 Å². The van der Waals surface area contributed by atoms with Crippen LogP contribution in [0.3, 0.4) is 0 Å². The van der Waals surface area contributed by atoms with Gasteiger partial charge < -0.3 is 10.1 Å². The van der Waals surface area contributed by atoms with E-state index in [2.05, 4.69) is 11.4 Å². The lowest BCUT2D eigenvalue weighted by Gasteiger charge is -2.22. The van der Waals surface area contributed by atoms with Gasteiger partial charge in [-0.2, -0.15) is 5.26 Å². The predicted octanol–water partition coefficient (Wildman–Crippen LogP) is 3.05. The SMILES string of the molecule is N#Cc1ccc(Cl)cc1NCC1CCOCC1. The van der Waals surface area contributed by atoms with E-state index in [0.29, 0.717) is 16.5 Å². The number of benzene rings is 1. The Morgan fingerprint density at radius 1 is 1.41 bits per heavy atom. The van der Waals surface area contributed by atoms with Gasteiger partial charge in [0.05, 0.1) is 11.3 Å². The molecular formula is C13H15ClN2O. The van der Waals surface area contributed by atoms with Crippen molar-refractivity contribution in [3.8, 4) is 6.07 Å². The number of halogens is 1. The molecule has 1 saturated heterocycles. The zero-order valence-corrected chi connectivity index (χ0v) is 10.3. The number of nitrogens with one attached hydrogen (secondary N) is 1. The molecule has 0 saturated carbocycles. The van der Waals surface area contributed by atoms with Crippen molar-refractivity contribution < 1.29 is 4.74 Å². The largest absolute Gasteiger partial charge is 0.384 e. The normalized spacial score (nSPS) is 16.5. The minimum atomic E-state index is 0.620. The van der Waals surface area contributed by atoms with Crippen LogP contribution in [-0.2, 0) is 4.74 Å². The van der Waals surface area contributed by atoms with Crippen molar-refractivity contribution in [3.05, 3.63) is 28.8 Å². The Hall–Kier alpha value is -1.24. The Labute approximate surface area is 106 Å². The van der Waals surface area contributed by atoms with Crippen LogP contribution < -0.4 is 5.32 Å². The molecule has 0 bridgehead atoms. The van der Waals surface area contributed by atoms with Crippen LogP contribution in [-0.4, -0.2) is 19.8 Å². The predicted molar refractivity (Wildman–Crippen MR) is 68.2 cm³/mol. The molecule has 1 heterocycles. The number of hydrogen-bond donors (Lipinski definition) is 1. The van der Waals surface area contributed by atoms with E-state index in [9.17, 15) is 0 Å². The molecule has 90 valence electrons. The van der Waals surface area contributed by atoms with Gasteiger partial charge in [-0.15, -0.1) is 0 Å². The maximum absolute atomic E-state index is 8.99. The summed E-state index contributed by atoms with van der Waals surface area (Å²) in [5.41, 5.74) is 1.47. The molecule has 1 aliphatic heterocycles. The van der Waals surface area contributed by atoms with Crippen molar-refractivity contribution in [2.75, 3.05) is 25.1 Å². The molecule has 0 radical (unpaired) electrons. The summed E-state index contributed by atoms with van der Waals surface area (Å²) in [5.74, 6) is 0.620. The summed E-state index contributed by atoms with van der Waals surface area (Å²) < 4.78 is 5.31. The second-order valence-electron chi connectivity index (χ2n) is 4.24. The third-order valence-electron chi connectivity index (χ3n) is 3.02. The Bertz CT molecular complexity index is 422. The zero-order chi connectivity index (χ0) is 12.1. The minimum Gasteiger partial charge on any atom is -0.384 e. The van der Waals surface area contributed by atoms with Gasteiger partial charge in [-0.1, -0.05) is 11.6 Å². The average Bonchev–Trinajstić information content (AvgIpc) is 2.38. The summed E-state index contributed by atoms with van der Waals surface area (Å²) in [4.78, 5) is 0. The van der Waals surface area contributed by atoms with Gasteiger partial charge in [0.2, 0.25) is 0 Å². The van der Waals surface area contributed by atoms with E-state index >= 15 is 0 Å². The number of ether oxygens (including phenoxy) is 1. The Morgan fingerprint density at radius 2 is 2.18 bits per heavy atom. The summed E-state index contributed by atoms with van der Waals surface area (Å²) in [7, 11) is 0. The van der Waals surface area contributed by atoms with Crippen molar-refractivity contribution >= 4 is 17.3 Å². The van der Waals surface area contributed by atoms with Gasteiger partial charge >= 0.3 is 0 Å². The van der Waals surface area contributed by atoms with Crippen LogP contribution in [0.15, 0.2) is 18.2 Å². The van der Waals surface area contributed by atoms with Gasteiger partial charge in [-0.05, 0) is 37.0 Å². The van der Waals surface area contributed by atoms with Crippen LogP contribution >= 0.6 is 11.6 Å². The number of nitrogens with zero attached hydrogens (tertiary/aromatic N) is 1. The number of rotatable bonds is 3. The van der Waals surface area contributed by atoms with Crippen molar-refractivity contribution in [2.45, 2.75) is 12.8 Å². The third kappa shape index (κ3) is 3.36. The topological polar surface area (TPSA) is 45.0 Å². The highest BCUT2D eigenvalue weighted by molar-refractivity contribution is 6.30. The highest BCUT2D eigenvalue weighted by atomic mass is 35.5. The maximum atomic E-state index is 8.99. The van der Waals surface area contributed by atoms with Crippen LogP contribution in [0.2, 0.25) is 5.02 Å². The lowest BCUT2D eigenvalue weighted by atomic mass is 10.0. The highest BCUT2D eigenvalue weighted by Gasteiger charge is 2.14. The van der Waals surface area contributed by atoms with E-state index in [-0.39, 0.29) is 0 Å². The van der Waals surface area contributed by atoms with E-state index < -0.39 is 0 Å².